The molecule has 0 atom stereocenters. The molecule has 0 saturated carbocycles. The van der Waals surface area contributed by atoms with E-state index in [-0.39, 0.29) is 35.0 Å². The summed E-state index contributed by atoms with van der Waals surface area (Å²) < 4.78 is 53.3. The molecule has 15 heteroatoms. The highest BCUT2D eigenvalue weighted by Crippen LogP contribution is 2.36. The van der Waals surface area contributed by atoms with Crippen molar-refractivity contribution in [1.82, 2.24) is 19.9 Å². The Morgan fingerprint density at radius 2 is 1.84 bits per heavy atom. The number of benzene rings is 1. The second-order valence-electron chi connectivity index (χ2n) is 8.41. The van der Waals surface area contributed by atoms with E-state index < -0.39 is 29.4 Å². The third-order valence-corrected chi connectivity index (χ3v) is 6.80. The number of amides is 1. The summed E-state index contributed by atoms with van der Waals surface area (Å²) in [6, 6.07) is 2.09. The zero-order chi connectivity index (χ0) is 27.4. The van der Waals surface area contributed by atoms with Crippen LogP contribution in [0.5, 0.6) is 0 Å². The van der Waals surface area contributed by atoms with E-state index in [0.29, 0.717) is 49.5 Å². The first-order valence-electron chi connectivity index (χ1n) is 11.4. The third kappa shape index (κ3) is 6.59. The summed E-state index contributed by atoms with van der Waals surface area (Å²) >= 11 is 0.959. The number of rotatable bonds is 8. The van der Waals surface area contributed by atoms with E-state index in [1.807, 2.05) is 9.80 Å². The van der Waals surface area contributed by atoms with Gasteiger partial charge in [-0.3, -0.25) is 19.8 Å². The molecule has 1 amide bonds. The van der Waals surface area contributed by atoms with Crippen LogP contribution in [-0.4, -0.2) is 69.6 Å². The summed E-state index contributed by atoms with van der Waals surface area (Å²) in [6.45, 7) is 2.98. The van der Waals surface area contributed by atoms with Crippen LogP contribution in [0.3, 0.4) is 0 Å². The van der Waals surface area contributed by atoms with Crippen molar-refractivity contribution in [3.05, 3.63) is 52.5 Å². The first-order chi connectivity index (χ1) is 18.0. The highest BCUT2D eigenvalue weighted by Gasteiger charge is 2.32. The summed E-state index contributed by atoms with van der Waals surface area (Å²) in [5, 5.41) is 11.4. The van der Waals surface area contributed by atoms with Gasteiger partial charge in [-0.2, -0.15) is 13.2 Å². The molecule has 0 unspecified atom stereocenters. The van der Waals surface area contributed by atoms with Crippen molar-refractivity contribution in [3.8, 4) is 11.3 Å². The second-order valence-corrected chi connectivity index (χ2v) is 9.49. The number of nitrogens with two attached hydrogens (primary N) is 1. The van der Waals surface area contributed by atoms with Crippen molar-refractivity contribution in [2.75, 3.05) is 42.9 Å². The Labute approximate surface area is 218 Å². The van der Waals surface area contributed by atoms with Crippen molar-refractivity contribution in [2.24, 2.45) is 5.73 Å². The average Bonchev–Trinajstić information content (AvgIpc) is 3.30. The Bertz CT molecular complexity index is 1310. The van der Waals surface area contributed by atoms with E-state index in [9.17, 15) is 27.2 Å². The first-order valence-corrected chi connectivity index (χ1v) is 12.3. The number of carbonyl (C=O) groups is 2. The number of halogens is 4. The molecule has 0 radical (unpaired) electrons. The number of anilines is 2. The van der Waals surface area contributed by atoms with E-state index in [0.717, 1.165) is 23.5 Å². The van der Waals surface area contributed by atoms with Crippen LogP contribution in [0.25, 0.3) is 11.3 Å². The number of carboxylic acids is 1. The van der Waals surface area contributed by atoms with Crippen LogP contribution in [0.4, 0.5) is 28.5 Å². The minimum atomic E-state index is -4.74. The number of nitrogens with one attached hydrogen (secondary N) is 1. The summed E-state index contributed by atoms with van der Waals surface area (Å²) in [4.78, 5) is 40.5. The van der Waals surface area contributed by atoms with Crippen LogP contribution < -0.4 is 16.0 Å². The number of alkyl halides is 3. The number of carboxylic acid groups (broad SMARTS) is 1. The van der Waals surface area contributed by atoms with Gasteiger partial charge < -0.3 is 15.7 Å². The van der Waals surface area contributed by atoms with Crippen molar-refractivity contribution in [3.63, 3.8) is 0 Å². The lowest BCUT2D eigenvalue weighted by Gasteiger charge is -2.34. The highest BCUT2D eigenvalue weighted by atomic mass is 32.1. The Kier molecular flexibility index (Phi) is 8.18. The maximum atomic E-state index is 13.9. The van der Waals surface area contributed by atoms with E-state index in [4.69, 9.17) is 10.8 Å². The minimum absolute atomic E-state index is 0.00925. The number of thiazole rings is 1. The maximum Gasteiger partial charge on any atom is 0.416 e. The van der Waals surface area contributed by atoms with Gasteiger partial charge in [0.2, 0.25) is 0 Å². The van der Waals surface area contributed by atoms with Crippen LogP contribution in [0.2, 0.25) is 0 Å². The summed E-state index contributed by atoms with van der Waals surface area (Å²) in [5.74, 6) is -1.99. The molecular weight excluding hydrogens is 530 g/mol. The largest absolute Gasteiger partial charge is 0.481 e. The lowest BCUT2D eigenvalue weighted by molar-refractivity contribution is -0.138. The Morgan fingerprint density at radius 1 is 1.11 bits per heavy atom. The molecule has 202 valence electrons. The standard InChI is InChI=1S/C23H23F4N7O3S/c24-15-8-13(7-14(9-15)23(25,26)27)20-17(10-28)38-22(31-20)32-21(37)16-11-30-18(12-29-16)34-5-3-33(4-6-34)2-1-19(35)36/h7-9,11-12H,1-6,10,28H2,(H,35,36)(H,31,32,37). The molecule has 1 aliphatic rings. The molecule has 2 aromatic heterocycles. The zero-order valence-electron chi connectivity index (χ0n) is 19.8. The normalized spacial score (nSPS) is 14.5. The van der Waals surface area contributed by atoms with E-state index >= 15 is 0 Å². The number of aromatic nitrogens is 3. The molecule has 1 fully saturated rings. The first kappa shape index (κ1) is 27.3. The van der Waals surface area contributed by atoms with Crippen molar-refractivity contribution in [1.29, 1.82) is 0 Å². The van der Waals surface area contributed by atoms with E-state index in [2.05, 4.69) is 20.3 Å². The molecule has 3 aromatic rings. The molecule has 1 aliphatic heterocycles. The Morgan fingerprint density at radius 3 is 2.45 bits per heavy atom. The number of nitrogens with zero attached hydrogens (tertiary/aromatic N) is 5. The molecule has 1 aromatic carbocycles. The van der Waals surface area contributed by atoms with Crippen molar-refractivity contribution in [2.45, 2.75) is 19.1 Å². The number of hydrogen-bond acceptors (Lipinski definition) is 9. The van der Waals surface area contributed by atoms with Gasteiger partial charge in [0.05, 0.1) is 30.1 Å². The predicted molar refractivity (Wildman–Crippen MR) is 131 cm³/mol. The van der Waals surface area contributed by atoms with Crippen molar-refractivity contribution < 1.29 is 32.3 Å². The van der Waals surface area contributed by atoms with Gasteiger partial charge in [0.1, 0.15) is 17.3 Å². The van der Waals surface area contributed by atoms with Gasteiger partial charge in [0.25, 0.3) is 5.91 Å². The van der Waals surface area contributed by atoms with Gasteiger partial charge >= 0.3 is 12.1 Å². The number of carbonyl (C=O) groups excluding carboxylic acids is 1. The summed E-state index contributed by atoms with van der Waals surface area (Å²) in [6.07, 6.45) is -1.92. The van der Waals surface area contributed by atoms with Crippen molar-refractivity contribution >= 4 is 34.2 Å². The SMILES string of the molecule is NCc1sc(NC(=O)c2cnc(N3CCN(CCC(=O)O)CC3)cn2)nc1-c1cc(F)cc(C(F)(F)F)c1. The van der Waals surface area contributed by atoms with Crippen LogP contribution in [0, 0.1) is 5.82 Å². The predicted octanol–water partition coefficient (Wildman–Crippen LogP) is 3.07. The lowest BCUT2D eigenvalue weighted by Crippen LogP contribution is -2.47. The molecule has 0 spiro atoms. The average molecular weight is 554 g/mol. The third-order valence-electron chi connectivity index (χ3n) is 5.81. The van der Waals surface area contributed by atoms with Gasteiger partial charge in [-0.25, -0.2) is 19.3 Å². The minimum Gasteiger partial charge on any atom is -0.481 e. The molecule has 0 bridgehead atoms. The molecule has 4 N–H and O–H groups in total. The summed E-state index contributed by atoms with van der Waals surface area (Å²) in [7, 11) is 0. The zero-order valence-corrected chi connectivity index (χ0v) is 20.7. The van der Waals surface area contributed by atoms with Crippen LogP contribution in [-0.2, 0) is 17.5 Å². The van der Waals surface area contributed by atoms with Gasteiger partial charge in [0, 0.05) is 49.7 Å². The fourth-order valence-corrected chi connectivity index (χ4v) is 4.73. The lowest BCUT2D eigenvalue weighted by atomic mass is 10.1. The maximum absolute atomic E-state index is 13.9. The van der Waals surface area contributed by atoms with Gasteiger partial charge in [0.15, 0.2) is 5.13 Å². The van der Waals surface area contributed by atoms with Gasteiger partial charge in [-0.1, -0.05) is 11.3 Å². The highest BCUT2D eigenvalue weighted by molar-refractivity contribution is 7.16. The molecule has 10 nitrogen and oxygen atoms in total. The Balaban J connectivity index is 1.43. The van der Waals surface area contributed by atoms with Crippen LogP contribution in [0.1, 0.15) is 27.3 Å². The quantitative estimate of drug-likeness (QED) is 0.360. The molecule has 4 rings (SSSR count). The fourth-order valence-electron chi connectivity index (χ4n) is 3.88. The molecule has 0 aliphatic carbocycles. The monoisotopic (exact) mass is 553 g/mol. The topological polar surface area (TPSA) is 138 Å². The van der Waals surface area contributed by atoms with Gasteiger partial charge in [-0.05, 0) is 18.2 Å². The van der Waals surface area contributed by atoms with E-state index in [1.165, 1.54) is 12.4 Å². The molecule has 38 heavy (non-hydrogen) atoms. The van der Waals surface area contributed by atoms with E-state index in [1.54, 1.807) is 0 Å². The molecular formula is C23H23F4N7O3S. The molecule has 1 saturated heterocycles. The fraction of sp³-hybridized carbons (Fsp3) is 0.348. The van der Waals surface area contributed by atoms with Gasteiger partial charge in [-0.15, -0.1) is 0 Å². The molecule has 3 heterocycles. The summed E-state index contributed by atoms with van der Waals surface area (Å²) in [5.41, 5.74) is 4.48. The smallest absolute Gasteiger partial charge is 0.416 e. The number of aliphatic carboxylic acids is 1. The number of piperazine rings is 1. The second kappa shape index (κ2) is 11.4. The van der Waals surface area contributed by atoms with Crippen LogP contribution in [0.15, 0.2) is 30.6 Å². The van der Waals surface area contributed by atoms with Crippen LogP contribution >= 0.6 is 11.3 Å². The number of hydrogen-bond donors (Lipinski definition) is 3. The Hall–Kier alpha value is -3.69.